The molecule has 1 aliphatic heterocycles. The quantitative estimate of drug-likeness (QED) is 0.416. The molecule has 8 heteroatoms. The van der Waals surface area contributed by atoms with E-state index < -0.39 is 0 Å². The average Bonchev–Trinajstić information content (AvgIpc) is 2.85. The lowest BCUT2D eigenvalue weighted by atomic mass is 9.95. The first-order chi connectivity index (χ1) is 10.1. The van der Waals surface area contributed by atoms with E-state index in [-0.39, 0.29) is 29.9 Å². The first kappa shape index (κ1) is 19.5. The highest BCUT2D eigenvalue weighted by molar-refractivity contribution is 14.0. The maximum absolute atomic E-state index is 11.1. The van der Waals surface area contributed by atoms with Crippen LogP contribution in [0.5, 0.6) is 0 Å². The Bertz CT molecular complexity index is 523. The molecule has 0 spiro atoms. The molecule has 2 heterocycles. The summed E-state index contributed by atoms with van der Waals surface area (Å²) >= 11 is 7.50. The highest BCUT2D eigenvalue weighted by atomic mass is 127. The molecule has 124 valence electrons. The summed E-state index contributed by atoms with van der Waals surface area (Å²) in [5.41, 5.74) is 5.30. The van der Waals surface area contributed by atoms with Crippen LogP contribution in [-0.4, -0.2) is 36.9 Å². The number of nitrogens with one attached hydrogen (secondary N) is 1. The van der Waals surface area contributed by atoms with Crippen molar-refractivity contribution >= 4 is 58.8 Å². The second-order valence-electron chi connectivity index (χ2n) is 5.23. The number of carbonyl (C=O) groups is 1. The molecule has 0 aromatic carbocycles. The molecule has 1 amide bonds. The predicted molar refractivity (Wildman–Crippen MR) is 103 cm³/mol. The Morgan fingerprint density at radius 2 is 2.36 bits per heavy atom. The minimum Gasteiger partial charge on any atom is -0.370 e. The minimum absolute atomic E-state index is 0. The van der Waals surface area contributed by atoms with E-state index in [1.807, 2.05) is 12.1 Å². The number of primary amides is 1. The van der Waals surface area contributed by atoms with Gasteiger partial charge >= 0.3 is 0 Å². The SMILES string of the molecule is CN=C(NCc1ccc(Cl)s1)N1CCCC(CC(N)=O)C1.I. The van der Waals surface area contributed by atoms with Crippen LogP contribution in [0, 0.1) is 5.92 Å². The zero-order valence-electron chi connectivity index (χ0n) is 12.5. The van der Waals surface area contributed by atoms with Crippen molar-refractivity contribution in [3.8, 4) is 0 Å². The fourth-order valence-electron chi connectivity index (χ4n) is 2.65. The molecule has 1 atom stereocenters. The molecule has 0 aliphatic carbocycles. The van der Waals surface area contributed by atoms with E-state index in [9.17, 15) is 4.79 Å². The molecule has 0 bridgehead atoms. The van der Waals surface area contributed by atoms with Gasteiger partial charge in [0.05, 0.1) is 10.9 Å². The van der Waals surface area contributed by atoms with Gasteiger partial charge in [0.25, 0.3) is 0 Å². The first-order valence-electron chi connectivity index (χ1n) is 7.06. The van der Waals surface area contributed by atoms with Crippen LogP contribution < -0.4 is 11.1 Å². The third-order valence-electron chi connectivity index (χ3n) is 3.57. The van der Waals surface area contributed by atoms with Crippen molar-refractivity contribution in [3.63, 3.8) is 0 Å². The molecule has 3 N–H and O–H groups in total. The number of likely N-dealkylation sites (tertiary alicyclic amines) is 1. The summed E-state index contributed by atoms with van der Waals surface area (Å²) in [6, 6.07) is 3.91. The van der Waals surface area contributed by atoms with Crippen LogP contribution in [0.3, 0.4) is 0 Å². The van der Waals surface area contributed by atoms with Gasteiger partial charge in [-0.05, 0) is 30.9 Å². The summed E-state index contributed by atoms with van der Waals surface area (Å²) < 4.78 is 0.793. The van der Waals surface area contributed by atoms with Gasteiger partial charge in [-0.25, -0.2) is 0 Å². The molecule has 0 saturated carbocycles. The van der Waals surface area contributed by atoms with Crippen molar-refractivity contribution < 1.29 is 4.79 Å². The number of nitrogens with zero attached hydrogens (tertiary/aromatic N) is 2. The number of carbonyl (C=O) groups excluding carboxylic acids is 1. The molecule has 1 aromatic rings. The Labute approximate surface area is 157 Å². The predicted octanol–water partition coefficient (Wildman–Crippen LogP) is 2.68. The highest BCUT2D eigenvalue weighted by Gasteiger charge is 2.23. The highest BCUT2D eigenvalue weighted by Crippen LogP contribution is 2.22. The average molecular weight is 457 g/mol. The van der Waals surface area contributed by atoms with Crippen molar-refractivity contribution in [1.29, 1.82) is 0 Å². The van der Waals surface area contributed by atoms with Crippen molar-refractivity contribution in [3.05, 3.63) is 21.3 Å². The van der Waals surface area contributed by atoms with Crippen LogP contribution in [0.2, 0.25) is 4.34 Å². The Morgan fingerprint density at radius 1 is 1.59 bits per heavy atom. The van der Waals surface area contributed by atoms with E-state index in [0.717, 1.165) is 36.2 Å². The second-order valence-corrected chi connectivity index (χ2v) is 7.03. The van der Waals surface area contributed by atoms with E-state index >= 15 is 0 Å². The van der Waals surface area contributed by atoms with Crippen molar-refractivity contribution in [2.45, 2.75) is 25.8 Å². The molecule has 22 heavy (non-hydrogen) atoms. The van der Waals surface area contributed by atoms with Gasteiger partial charge in [-0.2, -0.15) is 0 Å². The van der Waals surface area contributed by atoms with Crippen LogP contribution in [0.1, 0.15) is 24.1 Å². The van der Waals surface area contributed by atoms with E-state index in [2.05, 4.69) is 15.2 Å². The third kappa shape index (κ3) is 5.92. The molecular weight excluding hydrogens is 435 g/mol. The number of thiophene rings is 1. The minimum atomic E-state index is -0.224. The third-order valence-corrected chi connectivity index (χ3v) is 4.80. The molecule has 1 aromatic heterocycles. The number of guanidine groups is 1. The number of hydrogen-bond acceptors (Lipinski definition) is 3. The summed E-state index contributed by atoms with van der Waals surface area (Å²) in [6.07, 6.45) is 2.56. The first-order valence-corrected chi connectivity index (χ1v) is 8.26. The summed E-state index contributed by atoms with van der Waals surface area (Å²) in [4.78, 5) is 18.8. The maximum atomic E-state index is 11.1. The number of hydrogen-bond donors (Lipinski definition) is 2. The van der Waals surface area contributed by atoms with Gasteiger partial charge in [0.2, 0.25) is 5.91 Å². The number of nitrogens with two attached hydrogens (primary N) is 1. The smallest absolute Gasteiger partial charge is 0.217 e. The van der Waals surface area contributed by atoms with Gasteiger partial charge < -0.3 is 16.0 Å². The zero-order valence-corrected chi connectivity index (χ0v) is 16.5. The van der Waals surface area contributed by atoms with Gasteiger partial charge in [-0.1, -0.05) is 11.6 Å². The van der Waals surface area contributed by atoms with E-state index in [1.165, 1.54) is 4.88 Å². The van der Waals surface area contributed by atoms with E-state index in [4.69, 9.17) is 17.3 Å². The molecule has 1 saturated heterocycles. The Kier molecular flexibility index (Phi) is 8.48. The number of rotatable bonds is 4. The van der Waals surface area contributed by atoms with Crippen LogP contribution in [0.15, 0.2) is 17.1 Å². The maximum Gasteiger partial charge on any atom is 0.217 e. The van der Waals surface area contributed by atoms with Crippen LogP contribution in [0.25, 0.3) is 0 Å². The lowest BCUT2D eigenvalue weighted by molar-refractivity contribution is -0.119. The molecule has 1 unspecified atom stereocenters. The Morgan fingerprint density at radius 3 is 2.95 bits per heavy atom. The zero-order chi connectivity index (χ0) is 15.2. The second kappa shape index (κ2) is 9.57. The van der Waals surface area contributed by atoms with Crippen molar-refractivity contribution in [1.82, 2.24) is 10.2 Å². The van der Waals surface area contributed by atoms with E-state index in [1.54, 1.807) is 18.4 Å². The van der Waals surface area contributed by atoms with E-state index in [0.29, 0.717) is 18.9 Å². The van der Waals surface area contributed by atoms with Gasteiger partial charge in [0.15, 0.2) is 5.96 Å². The van der Waals surface area contributed by atoms with Gasteiger partial charge in [0.1, 0.15) is 0 Å². The van der Waals surface area contributed by atoms with Crippen molar-refractivity contribution in [2.24, 2.45) is 16.6 Å². The number of piperidine rings is 1. The van der Waals surface area contributed by atoms with Gasteiger partial charge in [0, 0.05) is 31.4 Å². The molecule has 2 rings (SSSR count). The fraction of sp³-hybridized carbons (Fsp3) is 0.571. The fourth-order valence-corrected chi connectivity index (χ4v) is 3.68. The molecule has 0 radical (unpaired) electrons. The van der Waals surface area contributed by atoms with Gasteiger partial charge in [-0.15, -0.1) is 35.3 Å². The molecular formula is C14H22ClIN4OS. The summed E-state index contributed by atoms with van der Waals surface area (Å²) in [5, 5.41) is 3.35. The lowest BCUT2D eigenvalue weighted by Crippen LogP contribution is -2.46. The van der Waals surface area contributed by atoms with Crippen LogP contribution >= 0.6 is 46.9 Å². The lowest BCUT2D eigenvalue weighted by Gasteiger charge is -2.34. The van der Waals surface area contributed by atoms with Crippen LogP contribution in [0.4, 0.5) is 0 Å². The number of amides is 1. The Balaban J connectivity index is 0.00000242. The summed E-state index contributed by atoms with van der Waals surface area (Å²) in [6.45, 7) is 2.50. The standard InChI is InChI=1S/C14H21ClN4OS.HI/c1-17-14(18-8-11-4-5-12(15)21-11)19-6-2-3-10(9-19)7-13(16)20;/h4-5,10H,2-3,6-9H2,1H3,(H2,16,20)(H,17,18);1H. The molecule has 1 fully saturated rings. The normalized spacial score (nSPS) is 18.7. The van der Waals surface area contributed by atoms with Crippen LogP contribution in [-0.2, 0) is 11.3 Å². The molecule has 1 aliphatic rings. The monoisotopic (exact) mass is 456 g/mol. The Hall–Kier alpha value is -0.540. The van der Waals surface area contributed by atoms with Crippen molar-refractivity contribution in [2.75, 3.05) is 20.1 Å². The number of halogens is 2. The largest absolute Gasteiger partial charge is 0.370 e. The summed E-state index contributed by atoms with van der Waals surface area (Å²) in [5.74, 6) is 0.970. The number of aliphatic imine (C=N–C) groups is 1. The topological polar surface area (TPSA) is 70.7 Å². The molecule has 5 nitrogen and oxygen atoms in total. The van der Waals surface area contributed by atoms with Gasteiger partial charge in [-0.3, -0.25) is 9.79 Å². The summed E-state index contributed by atoms with van der Waals surface area (Å²) in [7, 11) is 1.78.